The van der Waals surface area contributed by atoms with Crippen molar-refractivity contribution >= 4 is 17.3 Å². The van der Waals surface area contributed by atoms with Gasteiger partial charge in [-0.25, -0.2) is 9.78 Å². The Balaban J connectivity index is 1.82. The standard InChI is InChI=1S/C12H18N2O2S/c1-8-3-2-4-9(5-8)13-6-10-7-17-11(14-10)12(15)16/h7-9,13H,2-6H2,1H3,(H,15,16). The third-order valence-electron chi connectivity index (χ3n) is 3.24. The lowest BCUT2D eigenvalue weighted by molar-refractivity contribution is 0.0696. The van der Waals surface area contributed by atoms with Crippen LogP contribution in [0.15, 0.2) is 5.38 Å². The molecule has 2 rings (SSSR count). The van der Waals surface area contributed by atoms with E-state index in [1.807, 2.05) is 5.38 Å². The number of carbonyl (C=O) groups is 1. The number of hydrogen-bond donors (Lipinski definition) is 2. The largest absolute Gasteiger partial charge is 0.476 e. The molecule has 2 N–H and O–H groups in total. The summed E-state index contributed by atoms with van der Waals surface area (Å²) < 4.78 is 0. The summed E-state index contributed by atoms with van der Waals surface area (Å²) >= 11 is 1.19. The molecule has 5 heteroatoms. The van der Waals surface area contributed by atoms with Crippen molar-refractivity contribution in [1.82, 2.24) is 10.3 Å². The minimum Gasteiger partial charge on any atom is -0.476 e. The van der Waals surface area contributed by atoms with Gasteiger partial charge < -0.3 is 10.4 Å². The molecule has 0 spiro atoms. The van der Waals surface area contributed by atoms with E-state index in [0.717, 1.165) is 11.6 Å². The summed E-state index contributed by atoms with van der Waals surface area (Å²) in [5.41, 5.74) is 0.839. The van der Waals surface area contributed by atoms with Gasteiger partial charge in [0.05, 0.1) is 5.69 Å². The van der Waals surface area contributed by atoms with Gasteiger partial charge >= 0.3 is 5.97 Å². The fourth-order valence-corrected chi connectivity index (χ4v) is 3.01. The fraction of sp³-hybridized carbons (Fsp3) is 0.667. The van der Waals surface area contributed by atoms with Gasteiger partial charge in [0, 0.05) is 18.0 Å². The molecular formula is C12H18N2O2S. The number of thiazole rings is 1. The van der Waals surface area contributed by atoms with E-state index in [-0.39, 0.29) is 5.01 Å². The van der Waals surface area contributed by atoms with E-state index in [4.69, 9.17) is 5.11 Å². The number of carboxylic acid groups (broad SMARTS) is 1. The van der Waals surface area contributed by atoms with Crippen molar-refractivity contribution in [3.8, 4) is 0 Å². The number of carboxylic acids is 1. The highest BCUT2D eigenvalue weighted by molar-refractivity contribution is 7.11. The third-order valence-corrected chi connectivity index (χ3v) is 4.12. The maximum absolute atomic E-state index is 10.7. The van der Waals surface area contributed by atoms with Crippen LogP contribution in [0.5, 0.6) is 0 Å². The molecule has 1 aliphatic rings. The molecule has 1 aromatic rings. The lowest BCUT2D eigenvalue weighted by Gasteiger charge is -2.27. The van der Waals surface area contributed by atoms with Gasteiger partial charge in [-0.05, 0) is 18.8 Å². The molecule has 1 fully saturated rings. The monoisotopic (exact) mass is 254 g/mol. The Morgan fingerprint density at radius 2 is 2.47 bits per heavy atom. The molecule has 94 valence electrons. The lowest BCUT2D eigenvalue weighted by atomic mass is 9.87. The van der Waals surface area contributed by atoms with Gasteiger partial charge in [0.15, 0.2) is 0 Å². The number of rotatable bonds is 4. The van der Waals surface area contributed by atoms with E-state index >= 15 is 0 Å². The molecule has 1 aliphatic carbocycles. The Kier molecular flexibility index (Phi) is 4.12. The molecule has 2 unspecified atom stereocenters. The van der Waals surface area contributed by atoms with Crippen LogP contribution in [0.25, 0.3) is 0 Å². The molecule has 4 nitrogen and oxygen atoms in total. The molecule has 0 bridgehead atoms. The van der Waals surface area contributed by atoms with E-state index in [1.54, 1.807) is 0 Å². The van der Waals surface area contributed by atoms with Crippen molar-refractivity contribution in [2.45, 2.75) is 45.2 Å². The average molecular weight is 254 g/mol. The first kappa shape index (κ1) is 12.5. The van der Waals surface area contributed by atoms with Crippen LogP contribution >= 0.6 is 11.3 Å². The summed E-state index contributed by atoms with van der Waals surface area (Å²) in [4.78, 5) is 14.8. The molecular weight excluding hydrogens is 236 g/mol. The van der Waals surface area contributed by atoms with Gasteiger partial charge in [0.1, 0.15) is 0 Å². The normalized spacial score (nSPS) is 24.8. The van der Waals surface area contributed by atoms with Gasteiger partial charge in [-0.2, -0.15) is 0 Å². The van der Waals surface area contributed by atoms with E-state index in [0.29, 0.717) is 12.6 Å². The molecule has 0 saturated heterocycles. The van der Waals surface area contributed by atoms with Crippen molar-refractivity contribution in [1.29, 1.82) is 0 Å². The number of hydrogen-bond acceptors (Lipinski definition) is 4. The van der Waals surface area contributed by atoms with Crippen molar-refractivity contribution in [3.63, 3.8) is 0 Å². The third kappa shape index (κ3) is 3.51. The van der Waals surface area contributed by atoms with Gasteiger partial charge in [-0.15, -0.1) is 11.3 Å². The van der Waals surface area contributed by atoms with Gasteiger partial charge in [0.2, 0.25) is 5.01 Å². The summed E-state index contributed by atoms with van der Waals surface area (Å²) in [6.45, 7) is 2.97. The van der Waals surface area contributed by atoms with Crippen molar-refractivity contribution < 1.29 is 9.90 Å². The van der Waals surface area contributed by atoms with E-state index < -0.39 is 5.97 Å². The molecule has 17 heavy (non-hydrogen) atoms. The topological polar surface area (TPSA) is 62.2 Å². The lowest BCUT2D eigenvalue weighted by Crippen LogP contribution is -2.33. The summed E-state index contributed by atoms with van der Waals surface area (Å²) in [7, 11) is 0. The van der Waals surface area contributed by atoms with Crippen LogP contribution < -0.4 is 5.32 Å². The van der Waals surface area contributed by atoms with E-state index in [2.05, 4.69) is 17.2 Å². The second kappa shape index (κ2) is 5.60. The quantitative estimate of drug-likeness (QED) is 0.866. The zero-order valence-corrected chi connectivity index (χ0v) is 10.8. The van der Waals surface area contributed by atoms with Crippen molar-refractivity contribution in [2.24, 2.45) is 5.92 Å². The second-order valence-corrected chi connectivity index (χ2v) is 5.66. The Bertz CT molecular complexity index is 392. The van der Waals surface area contributed by atoms with Crippen molar-refractivity contribution in [2.75, 3.05) is 0 Å². The summed E-state index contributed by atoms with van der Waals surface area (Å²) in [6, 6.07) is 0.564. The van der Waals surface area contributed by atoms with Crippen molar-refractivity contribution in [3.05, 3.63) is 16.1 Å². The molecule has 0 aliphatic heterocycles. The van der Waals surface area contributed by atoms with Crippen LogP contribution in [0.2, 0.25) is 0 Å². The highest BCUT2D eigenvalue weighted by atomic mass is 32.1. The minimum atomic E-state index is -0.937. The predicted octanol–water partition coefficient (Wildman–Crippen LogP) is 2.51. The highest BCUT2D eigenvalue weighted by Gasteiger charge is 2.18. The highest BCUT2D eigenvalue weighted by Crippen LogP contribution is 2.23. The number of nitrogens with zero attached hydrogens (tertiary/aromatic N) is 1. The zero-order chi connectivity index (χ0) is 12.3. The maximum Gasteiger partial charge on any atom is 0.365 e. The number of aromatic nitrogens is 1. The molecule has 0 aromatic carbocycles. The Morgan fingerprint density at radius 1 is 1.65 bits per heavy atom. The number of aromatic carboxylic acids is 1. The first-order valence-electron chi connectivity index (χ1n) is 6.06. The predicted molar refractivity (Wildman–Crippen MR) is 67.3 cm³/mol. The van der Waals surface area contributed by atoms with Crippen LogP contribution in [0.1, 0.15) is 48.1 Å². The first-order valence-corrected chi connectivity index (χ1v) is 6.94. The molecule has 0 amide bonds. The van der Waals surface area contributed by atoms with Gasteiger partial charge in [-0.3, -0.25) is 0 Å². The van der Waals surface area contributed by atoms with Crippen LogP contribution in [0, 0.1) is 5.92 Å². The summed E-state index contributed by atoms with van der Waals surface area (Å²) in [5.74, 6) is -0.140. The minimum absolute atomic E-state index is 0.179. The Labute approximate surface area is 105 Å². The Hall–Kier alpha value is -0.940. The zero-order valence-electron chi connectivity index (χ0n) is 9.98. The van der Waals surface area contributed by atoms with E-state index in [9.17, 15) is 4.79 Å². The second-order valence-electron chi connectivity index (χ2n) is 4.80. The maximum atomic E-state index is 10.7. The van der Waals surface area contributed by atoms with Gasteiger partial charge in [0.25, 0.3) is 0 Å². The van der Waals surface area contributed by atoms with E-state index in [1.165, 1.54) is 37.0 Å². The van der Waals surface area contributed by atoms with Gasteiger partial charge in [-0.1, -0.05) is 19.8 Å². The molecule has 1 saturated carbocycles. The summed E-state index contributed by atoms with van der Waals surface area (Å²) in [5, 5.41) is 14.3. The van der Waals surface area contributed by atoms with Crippen LogP contribution in [-0.4, -0.2) is 22.1 Å². The molecule has 2 atom stereocenters. The molecule has 1 heterocycles. The first-order chi connectivity index (χ1) is 8.15. The number of nitrogens with one attached hydrogen (secondary N) is 1. The molecule has 1 aromatic heterocycles. The van der Waals surface area contributed by atoms with Crippen LogP contribution in [-0.2, 0) is 6.54 Å². The smallest absolute Gasteiger partial charge is 0.365 e. The summed E-state index contributed by atoms with van der Waals surface area (Å²) in [6.07, 6.45) is 5.06. The SMILES string of the molecule is CC1CCCC(NCc2csc(C(=O)O)n2)C1. The fourth-order valence-electron chi connectivity index (χ4n) is 2.35. The van der Waals surface area contributed by atoms with Crippen LogP contribution in [0.4, 0.5) is 0 Å². The van der Waals surface area contributed by atoms with Crippen LogP contribution in [0.3, 0.4) is 0 Å². The average Bonchev–Trinajstić information content (AvgIpc) is 2.75. The Morgan fingerprint density at radius 3 is 3.12 bits per heavy atom. The molecule has 0 radical (unpaired) electrons.